The number of hydrogen-bond donors (Lipinski definition) is 2. The van der Waals surface area contributed by atoms with Gasteiger partial charge in [0, 0.05) is 16.7 Å². The van der Waals surface area contributed by atoms with E-state index in [0.717, 1.165) is 16.7 Å². The minimum Gasteiger partial charge on any atom is -0.364 e. The molecule has 1 aromatic carbocycles. The third-order valence-corrected chi connectivity index (χ3v) is 4.60. The number of nitrogens with zero attached hydrogens (tertiary/aromatic N) is 2. The third-order valence-electron chi connectivity index (χ3n) is 4.29. The second-order valence-corrected chi connectivity index (χ2v) is 7.70. The molecule has 2 heterocycles. The summed E-state index contributed by atoms with van der Waals surface area (Å²) in [6.45, 7) is 8.24. The van der Waals surface area contributed by atoms with Gasteiger partial charge in [-0.1, -0.05) is 38.4 Å². The van der Waals surface area contributed by atoms with Crippen molar-refractivity contribution in [2.24, 2.45) is 5.73 Å². The molecule has 0 saturated carbocycles. The zero-order valence-electron chi connectivity index (χ0n) is 15.0. The van der Waals surface area contributed by atoms with E-state index in [1.807, 2.05) is 19.1 Å². The topological polar surface area (TPSA) is 102 Å². The quantitative estimate of drug-likeness (QED) is 0.722. The van der Waals surface area contributed by atoms with Crippen LogP contribution in [0, 0.1) is 6.92 Å². The number of amides is 1. The Labute approximate surface area is 155 Å². The molecule has 0 unspecified atom stereocenters. The molecule has 6 nitrogen and oxygen atoms in total. The summed E-state index contributed by atoms with van der Waals surface area (Å²) >= 11 is 6.49. The van der Waals surface area contributed by atoms with Crippen molar-refractivity contribution in [1.82, 2.24) is 15.2 Å². The molecule has 134 valence electrons. The molecule has 3 N–H and O–H groups in total. The molecule has 0 aliphatic carbocycles. The molecular weight excluding hydrogens is 352 g/mol. The molecular formula is C19H19ClN4O2. The fourth-order valence-corrected chi connectivity index (χ4v) is 3.43. The van der Waals surface area contributed by atoms with Crippen LogP contribution in [-0.4, -0.2) is 21.1 Å². The van der Waals surface area contributed by atoms with Crippen LogP contribution in [-0.2, 0) is 5.41 Å². The summed E-state index contributed by atoms with van der Waals surface area (Å²) in [4.78, 5) is 27.2. The molecule has 0 saturated heterocycles. The number of aromatic nitrogens is 3. The number of hydrogen-bond acceptors (Lipinski definition) is 4. The highest BCUT2D eigenvalue weighted by Crippen LogP contribution is 2.35. The van der Waals surface area contributed by atoms with E-state index < -0.39 is 5.91 Å². The average Bonchev–Trinajstić information content (AvgIpc) is 2.54. The third kappa shape index (κ3) is 3.08. The van der Waals surface area contributed by atoms with Gasteiger partial charge >= 0.3 is 0 Å². The molecule has 0 atom stereocenters. The number of nitrogens with two attached hydrogens (primary N) is 1. The van der Waals surface area contributed by atoms with E-state index in [9.17, 15) is 9.59 Å². The predicted octanol–water partition coefficient (Wildman–Crippen LogP) is 3.34. The maximum Gasteiger partial charge on any atom is 0.270 e. The number of carbonyl (C=O) groups excluding carboxylic acids is 1. The van der Waals surface area contributed by atoms with Crippen molar-refractivity contribution in [2.45, 2.75) is 33.1 Å². The summed E-state index contributed by atoms with van der Waals surface area (Å²) in [5.74, 6) is -0.796. The van der Waals surface area contributed by atoms with Crippen molar-refractivity contribution < 1.29 is 4.79 Å². The lowest BCUT2D eigenvalue weighted by Gasteiger charge is -2.22. The van der Waals surface area contributed by atoms with Gasteiger partial charge in [0.05, 0.1) is 22.8 Å². The van der Waals surface area contributed by atoms with Crippen molar-refractivity contribution in [2.75, 3.05) is 0 Å². The van der Waals surface area contributed by atoms with Gasteiger partial charge in [-0.25, -0.2) is 0 Å². The summed E-state index contributed by atoms with van der Waals surface area (Å²) < 4.78 is 0. The smallest absolute Gasteiger partial charge is 0.270 e. The number of rotatable bonds is 2. The Morgan fingerprint density at radius 2 is 1.92 bits per heavy atom. The first kappa shape index (κ1) is 18.1. The van der Waals surface area contributed by atoms with Gasteiger partial charge in [0.15, 0.2) is 11.1 Å². The fourth-order valence-electron chi connectivity index (χ4n) is 2.98. The van der Waals surface area contributed by atoms with Crippen LogP contribution in [0.5, 0.6) is 0 Å². The van der Waals surface area contributed by atoms with E-state index in [4.69, 9.17) is 17.3 Å². The normalized spacial score (nSPS) is 11.7. The van der Waals surface area contributed by atoms with Crippen LogP contribution in [0.4, 0.5) is 0 Å². The van der Waals surface area contributed by atoms with Gasteiger partial charge in [0.25, 0.3) is 5.91 Å². The zero-order chi connectivity index (χ0) is 19.2. The number of primary amides is 1. The number of pyridine rings is 1. The van der Waals surface area contributed by atoms with Gasteiger partial charge < -0.3 is 10.7 Å². The number of nitrogens with one attached hydrogen (secondary N) is 1. The number of benzene rings is 1. The van der Waals surface area contributed by atoms with E-state index >= 15 is 0 Å². The Bertz CT molecular complexity index is 1100. The number of aromatic amines is 1. The first-order valence-corrected chi connectivity index (χ1v) is 8.47. The Morgan fingerprint density at radius 1 is 1.23 bits per heavy atom. The Balaban J connectivity index is 2.26. The average molecular weight is 371 g/mol. The molecule has 0 fully saturated rings. The highest BCUT2D eigenvalue weighted by atomic mass is 35.5. The minimum atomic E-state index is -0.796. The maximum absolute atomic E-state index is 12.6. The van der Waals surface area contributed by atoms with Crippen molar-refractivity contribution in [3.05, 3.63) is 56.5 Å². The molecule has 1 amide bonds. The van der Waals surface area contributed by atoms with Gasteiger partial charge in [0.1, 0.15) is 0 Å². The van der Waals surface area contributed by atoms with Crippen molar-refractivity contribution in [3.63, 3.8) is 0 Å². The van der Waals surface area contributed by atoms with E-state index in [2.05, 4.69) is 36.0 Å². The highest BCUT2D eigenvalue weighted by Gasteiger charge is 2.20. The van der Waals surface area contributed by atoms with Gasteiger partial charge in [-0.15, -0.1) is 5.10 Å². The summed E-state index contributed by atoms with van der Waals surface area (Å²) in [5, 5.41) is 8.18. The van der Waals surface area contributed by atoms with E-state index in [1.165, 1.54) is 12.3 Å². The molecule has 7 heteroatoms. The maximum atomic E-state index is 12.6. The van der Waals surface area contributed by atoms with Crippen molar-refractivity contribution in [1.29, 1.82) is 0 Å². The van der Waals surface area contributed by atoms with E-state index in [-0.39, 0.29) is 21.9 Å². The lowest BCUT2D eigenvalue weighted by Crippen LogP contribution is -2.18. The fraction of sp³-hybridized carbons (Fsp3) is 0.263. The standard InChI is InChI=1S/C19H19ClN4O2/c1-9-5-11(19(2,3)4)12(20)6-10(9)13-7-15(25)16-14(23-13)8-22-24-17(16)18(21)26/h5-8H,1-4H3,(H2,21,26)(H,23,25). The number of aryl methyl sites for hydroxylation is 1. The predicted molar refractivity (Wildman–Crippen MR) is 103 cm³/mol. The summed E-state index contributed by atoms with van der Waals surface area (Å²) in [7, 11) is 0. The van der Waals surface area contributed by atoms with Crippen molar-refractivity contribution in [3.8, 4) is 11.3 Å². The Hall–Kier alpha value is -2.73. The van der Waals surface area contributed by atoms with Gasteiger partial charge in [0.2, 0.25) is 0 Å². The molecule has 3 rings (SSSR count). The molecule has 0 bridgehead atoms. The van der Waals surface area contributed by atoms with Crippen LogP contribution >= 0.6 is 11.6 Å². The minimum absolute atomic E-state index is 0.0941. The number of halogens is 1. The molecule has 26 heavy (non-hydrogen) atoms. The largest absolute Gasteiger partial charge is 0.364 e. The zero-order valence-corrected chi connectivity index (χ0v) is 15.7. The van der Waals surface area contributed by atoms with Gasteiger partial charge in [-0.3, -0.25) is 9.59 Å². The highest BCUT2D eigenvalue weighted by molar-refractivity contribution is 6.31. The molecule has 0 radical (unpaired) electrons. The van der Waals surface area contributed by atoms with E-state index in [0.29, 0.717) is 16.2 Å². The van der Waals surface area contributed by atoms with Crippen LogP contribution in [0.1, 0.15) is 42.4 Å². The summed E-state index contributed by atoms with van der Waals surface area (Å²) in [6, 6.07) is 5.30. The molecule has 0 aliphatic rings. The van der Waals surface area contributed by atoms with Crippen LogP contribution in [0.15, 0.2) is 29.2 Å². The lowest BCUT2D eigenvalue weighted by molar-refractivity contribution is 0.0996. The van der Waals surface area contributed by atoms with Crippen LogP contribution in [0.25, 0.3) is 22.2 Å². The Morgan fingerprint density at radius 3 is 2.54 bits per heavy atom. The SMILES string of the molecule is Cc1cc(C(C)(C)C)c(Cl)cc1-c1cc(=O)c2c(C(N)=O)nncc2[nH]1. The van der Waals surface area contributed by atoms with Gasteiger partial charge in [-0.2, -0.15) is 5.10 Å². The second kappa shape index (κ2) is 6.21. The first-order valence-electron chi connectivity index (χ1n) is 8.09. The monoisotopic (exact) mass is 370 g/mol. The second-order valence-electron chi connectivity index (χ2n) is 7.29. The molecule has 0 spiro atoms. The van der Waals surface area contributed by atoms with Gasteiger partial charge in [-0.05, 0) is 29.5 Å². The van der Waals surface area contributed by atoms with Crippen LogP contribution in [0.2, 0.25) is 5.02 Å². The number of fused-ring (bicyclic) bond motifs is 1. The number of carbonyl (C=O) groups is 1. The van der Waals surface area contributed by atoms with Crippen LogP contribution < -0.4 is 11.2 Å². The molecule has 0 aliphatic heterocycles. The van der Waals surface area contributed by atoms with E-state index in [1.54, 1.807) is 0 Å². The van der Waals surface area contributed by atoms with Crippen molar-refractivity contribution >= 4 is 28.4 Å². The molecule has 3 aromatic rings. The number of H-pyrrole nitrogens is 1. The Kier molecular flexibility index (Phi) is 4.32. The first-order chi connectivity index (χ1) is 12.1. The summed E-state index contributed by atoms with van der Waals surface area (Å²) in [5.41, 5.74) is 8.49. The van der Waals surface area contributed by atoms with Crippen LogP contribution in [0.3, 0.4) is 0 Å². The lowest BCUT2D eigenvalue weighted by atomic mass is 9.85. The summed E-state index contributed by atoms with van der Waals surface area (Å²) in [6.07, 6.45) is 1.40. The molecule has 2 aromatic heterocycles.